The summed E-state index contributed by atoms with van der Waals surface area (Å²) in [5, 5.41) is 0. The van der Waals surface area contributed by atoms with Crippen molar-refractivity contribution < 1.29 is 22.8 Å². The summed E-state index contributed by atoms with van der Waals surface area (Å²) >= 11 is 0. The van der Waals surface area contributed by atoms with Gasteiger partial charge in [-0.25, -0.2) is 4.98 Å². The molecule has 0 saturated heterocycles. The van der Waals surface area contributed by atoms with Crippen LogP contribution >= 0.6 is 0 Å². The zero-order valence-corrected chi connectivity index (χ0v) is 8.25. The van der Waals surface area contributed by atoms with E-state index >= 15 is 0 Å². The van der Waals surface area contributed by atoms with Crippen LogP contribution in [0.5, 0.6) is 0 Å². The first-order chi connectivity index (χ1) is 7.73. The van der Waals surface area contributed by atoms with Gasteiger partial charge in [-0.1, -0.05) is 0 Å². The van der Waals surface area contributed by atoms with Crippen LogP contribution in [0.25, 0.3) is 0 Å². The van der Waals surface area contributed by atoms with E-state index in [1.54, 1.807) is 0 Å². The lowest BCUT2D eigenvalue weighted by Gasteiger charge is -2.05. The molecule has 0 spiro atoms. The molecule has 0 unspecified atom stereocenters. The number of imide groups is 1. The number of carbonyl (C=O) groups is 2. The molecular weight excluding hydrogens is 243 g/mol. The summed E-state index contributed by atoms with van der Waals surface area (Å²) in [6.07, 6.45) is -4.89. The summed E-state index contributed by atoms with van der Waals surface area (Å²) in [6.45, 7) is 0. The number of carbonyl (C=O) groups excluding carboxylic acids is 2. The van der Waals surface area contributed by atoms with Gasteiger partial charge in [0.2, 0.25) is 5.82 Å². The molecule has 17 heavy (non-hydrogen) atoms. The number of nitrogens with one attached hydrogen (secondary N) is 1. The minimum Gasteiger partial charge on any atom is -0.302 e. The molecular formula is C8H4F3N3O3. The number of rotatable bonds is 0. The first-order valence-corrected chi connectivity index (χ1v) is 4.27. The second-order valence-electron chi connectivity index (χ2n) is 3.31. The van der Waals surface area contributed by atoms with E-state index in [9.17, 15) is 27.6 Å². The van der Waals surface area contributed by atoms with Gasteiger partial charge < -0.3 is 4.98 Å². The van der Waals surface area contributed by atoms with Crippen molar-refractivity contribution >= 4 is 11.8 Å². The standard InChI is InChI=1S/C8H4F3N3O3/c1-14-5(16)2-3(6(14)17)12-7(8(9,10)11)13-4(2)15/h1H3,(H,12,13,15). The van der Waals surface area contributed by atoms with Crippen LogP contribution in [-0.2, 0) is 6.18 Å². The van der Waals surface area contributed by atoms with Crippen LogP contribution < -0.4 is 5.56 Å². The molecule has 0 atom stereocenters. The summed E-state index contributed by atoms with van der Waals surface area (Å²) in [7, 11) is 1.05. The van der Waals surface area contributed by atoms with Crippen LogP contribution in [0, 0.1) is 0 Å². The molecule has 1 aromatic heterocycles. The van der Waals surface area contributed by atoms with Crippen molar-refractivity contribution in [2.24, 2.45) is 0 Å². The molecule has 0 fully saturated rings. The monoisotopic (exact) mass is 247 g/mol. The van der Waals surface area contributed by atoms with Crippen molar-refractivity contribution in [3.63, 3.8) is 0 Å². The zero-order valence-electron chi connectivity index (χ0n) is 8.25. The van der Waals surface area contributed by atoms with E-state index in [2.05, 4.69) is 4.98 Å². The molecule has 2 heterocycles. The van der Waals surface area contributed by atoms with E-state index in [0.717, 1.165) is 7.05 Å². The van der Waals surface area contributed by atoms with Crippen molar-refractivity contribution in [3.05, 3.63) is 27.4 Å². The number of hydrogen-bond donors (Lipinski definition) is 1. The molecule has 0 aliphatic carbocycles. The minimum absolute atomic E-state index is 0.535. The molecule has 90 valence electrons. The van der Waals surface area contributed by atoms with Crippen LogP contribution in [0.3, 0.4) is 0 Å². The average molecular weight is 247 g/mol. The maximum atomic E-state index is 12.3. The lowest BCUT2D eigenvalue weighted by molar-refractivity contribution is -0.145. The van der Waals surface area contributed by atoms with Gasteiger partial charge in [0.05, 0.1) is 0 Å². The number of H-pyrrole nitrogens is 1. The van der Waals surface area contributed by atoms with Crippen molar-refractivity contribution in [1.82, 2.24) is 14.9 Å². The largest absolute Gasteiger partial charge is 0.449 e. The minimum atomic E-state index is -4.89. The van der Waals surface area contributed by atoms with Gasteiger partial charge in [-0.3, -0.25) is 19.3 Å². The van der Waals surface area contributed by atoms with Crippen LogP contribution in [0.15, 0.2) is 4.79 Å². The molecule has 6 nitrogen and oxygen atoms in total. The van der Waals surface area contributed by atoms with Crippen molar-refractivity contribution in [2.45, 2.75) is 6.18 Å². The molecule has 0 radical (unpaired) electrons. The number of aromatic amines is 1. The number of nitrogens with zero attached hydrogens (tertiary/aromatic N) is 2. The Balaban J connectivity index is 2.74. The fourth-order valence-corrected chi connectivity index (χ4v) is 1.38. The maximum Gasteiger partial charge on any atom is 0.449 e. The number of alkyl halides is 3. The number of halogens is 3. The van der Waals surface area contributed by atoms with Crippen molar-refractivity contribution in [1.29, 1.82) is 0 Å². The lowest BCUT2D eigenvalue weighted by atomic mass is 10.2. The third kappa shape index (κ3) is 1.50. The van der Waals surface area contributed by atoms with Gasteiger partial charge in [-0.15, -0.1) is 0 Å². The predicted molar refractivity (Wildman–Crippen MR) is 46.3 cm³/mol. The van der Waals surface area contributed by atoms with Gasteiger partial charge in [0.15, 0.2) is 0 Å². The Hall–Kier alpha value is -2.19. The Labute approximate surface area is 91.1 Å². The molecule has 1 aromatic rings. The number of hydrogen-bond acceptors (Lipinski definition) is 4. The Bertz CT molecular complexity index is 590. The van der Waals surface area contributed by atoms with Gasteiger partial charge in [-0.2, -0.15) is 13.2 Å². The first-order valence-electron chi connectivity index (χ1n) is 4.27. The second kappa shape index (κ2) is 3.15. The molecule has 9 heteroatoms. The van der Waals surface area contributed by atoms with Gasteiger partial charge in [0.25, 0.3) is 17.4 Å². The number of aromatic nitrogens is 2. The SMILES string of the molecule is CN1C(=O)c2nc(C(F)(F)F)[nH]c(=O)c2C1=O. The molecule has 0 bridgehead atoms. The molecule has 0 saturated carbocycles. The molecule has 1 aliphatic heterocycles. The molecule has 2 amide bonds. The highest BCUT2D eigenvalue weighted by Gasteiger charge is 2.42. The van der Waals surface area contributed by atoms with Crippen LogP contribution in [0.2, 0.25) is 0 Å². The van der Waals surface area contributed by atoms with Gasteiger partial charge in [0, 0.05) is 7.05 Å². The van der Waals surface area contributed by atoms with Crippen LogP contribution in [0.1, 0.15) is 26.7 Å². The lowest BCUT2D eigenvalue weighted by Crippen LogP contribution is -2.26. The highest BCUT2D eigenvalue weighted by atomic mass is 19.4. The molecule has 2 rings (SSSR count). The Morgan fingerprint density at radius 3 is 2.29 bits per heavy atom. The normalized spacial score (nSPS) is 15.4. The maximum absolute atomic E-state index is 12.3. The summed E-state index contributed by atoms with van der Waals surface area (Å²) in [5.74, 6) is -3.59. The van der Waals surface area contributed by atoms with Gasteiger partial charge in [0.1, 0.15) is 11.3 Å². The van der Waals surface area contributed by atoms with E-state index in [4.69, 9.17) is 0 Å². The van der Waals surface area contributed by atoms with Gasteiger partial charge >= 0.3 is 6.18 Å². The summed E-state index contributed by atoms with van der Waals surface area (Å²) in [6, 6.07) is 0. The molecule has 0 aromatic carbocycles. The summed E-state index contributed by atoms with van der Waals surface area (Å²) in [5.41, 5.74) is -2.70. The van der Waals surface area contributed by atoms with E-state index in [1.165, 1.54) is 4.98 Å². The van der Waals surface area contributed by atoms with E-state index in [-0.39, 0.29) is 0 Å². The number of amides is 2. The van der Waals surface area contributed by atoms with E-state index < -0.39 is 40.6 Å². The zero-order chi connectivity index (χ0) is 13.0. The summed E-state index contributed by atoms with van der Waals surface area (Å²) in [4.78, 5) is 38.9. The Morgan fingerprint density at radius 1 is 1.18 bits per heavy atom. The quantitative estimate of drug-likeness (QED) is 0.655. The Morgan fingerprint density at radius 2 is 1.76 bits per heavy atom. The third-order valence-electron chi connectivity index (χ3n) is 2.21. The van der Waals surface area contributed by atoms with E-state index in [0.29, 0.717) is 4.90 Å². The first kappa shape index (κ1) is 11.3. The fourth-order valence-electron chi connectivity index (χ4n) is 1.38. The number of fused-ring (bicyclic) bond motifs is 1. The van der Waals surface area contributed by atoms with Gasteiger partial charge in [-0.05, 0) is 0 Å². The van der Waals surface area contributed by atoms with Crippen molar-refractivity contribution in [2.75, 3.05) is 7.05 Å². The Kier molecular flexibility index (Phi) is 2.10. The second-order valence-corrected chi connectivity index (χ2v) is 3.31. The highest BCUT2D eigenvalue weighted by molar-refractivity contribution is 6.19. The topological polar surface area (TPSA) is 83.1 Å². The fraction of sp³-hybridized carbons (Fsp3) is 0.250. The predicted octanol–water partition coefficient (Wildman–Crippen LogP) is 0.0145. The smallest absolute Gasteiger partial charge is 0.302 e. The summed E-state index contributed by atoms with van der Waals surface area (Å²) < 4.78 is 36.9. The third-order valence-corrected chi connectivity index (χ3v) is 2.21. The van der Waals surface area contributed by atoms with Crippen LogP contribution in [-0.4, -0.2) is 33.7 Å². The molecule has 1 aliphatic rings. The van der Waals surface area contributed by atoms with E-state index in [1.807, 2.05) is 0 Å². The molecule has 1 N–H and O–H groups in total. The van der Waals surface area contributed by atoms with Crippen LogP contribution in [0.4, 0.5) is 13.2 Å². The van der Waals surface area contributed by atoms with Crippen molar-refractivity contribution in [3.8, 4) is 0 Å². The highest BCUT2D eigenvalue weighted by Crippen LogP contribution is 2.26. The average Bonchev–Trinajstić information content (AvgIpc) is 2.43.